The first-order valence-electron chi connectivity index (χ1n) is 16.7. The molecule has 0 bridgehead atoms. The molecule has 1 aliphatic rings. The number of hydrogen-bond acceptors (Lipinski definition) is 4. The minimum atomic E-state index is -0.0628. The number of nitrogens with zero attached hydrogens (tertiary/aromatic N) is 3. The SMILES string of the molecule is CC1(C)c2ccccc2-c2c(-c3nc(-c4cccc(N(c5cccc(-c6ccccc6)c5)c5cccc6ccccc56)c4)ns3)cccc21. The molecule has 0 saturated heterocycles. The summed E-state index contributed by atoms with van der Waals surface area (Å²) in [6.07, 6.45) is 0. The van der Waals surface area contributed by atoms with Gasteiger partial charge in [-0.2, -0.15) is 4.37 Å². The van der Waals surface area contributed by atoms with Gasteiger partial charge in [0.05, 0.1) is 5.69 Å². The van der Waals surface area contributed by atoms with Crippen LogP contribution >= 0.6 is 11.5 Å². The molecular weight excluding hydrogens is 615 g/mol. The monoisotopic (exact) mass is 647 g/mol. The van der Waals surface area contributed by atoms with Gasteiger partial charge in [-0.1, -0.05) is 147 Å². The average Bonchev–Trinajstić information content (AvgIpc) is 3.74. The van der Waals surface area contributed by atoms with E-state index in [0.717, 1.165) is 39.0 Å². The van der Waals surface area contributed by atoms with Crippen LogP contribution in [0, 0.1) is 0 Å². The van der Waals surface area contributed by atoms with Gasteiger partial charge in [0.15, 0.2) is 5.82 Å². The topological polar surface area (TPSA) is 29.0 Å². The third-order valence-corrected chi connectivity index (χ3v) is 10.6. The fourth-order valence-electron chi connectivity index (χ4n) is 7.45. The number of hydrogen-bond donors (Lipinski definition) is 0. The van der Waals surface area contributed by atoms with Crippen LogP contribution in [-0.2, 0) is 5.41 Å². The van der Waals surface area contributed by atoms with Crippen LogP contribution in [0.1, 0.15) is 25.0 Å². The quantitative estimate of drug-likeness (QED) is 0.180. The van der Waals surface area contributed by atoms with E-state index < -0.39 is 0 Å². The number of anilines is 3. The average molecular weight is 648 g/mol. The first-order valence-corrected chi connectivity index (χ1v) is 17.4. The molecule has 0 N–H and O–H groups in total. The van der Waals surface area contributed by atoms with Crippen molar-refractivity contribution in [2.75, 3.05) is 4.90 Å². The van der Waals surface area contributed by atoms with Gasteiger partial charge in [-0.05, 0) is 80.6 Å². The van der Waals surface area contributed by atoms with E-state index >= 15 is 0 Å². The Morgan fingerprint density at radius 2 is 1.14 bits per heavy atom. The highest BCUT2D eigenvalue weighted by atomic mass is 32.1. The second-order valence-corrected chi connectivity index (χ2v) is 13.9. The van der Waals surface area contributed by atoms with Crippen molar-refractivity contribution >= 4 is 39.4 Å². The molecule has 0 saturated carbocycles. The first kappa shape index (κ1) is 29.3. The molecule has 3 nitrogen and oxygen atoms in total. The van der Waals surface area contributed by atoms with Crippen LogP contribution in [0.5, 0.6) is 0 Å². The Labute approximate surface area is 291 Å². The third-order valence-electron chi connectivity index (χ3n) is 9.85. The molecule has 0 spiro atoms. The molecule has 4 heteroatoms. The molecule has 49 heavy (non-hydrogen) atoms. The van der Waals surface area contributed by atoms with E-state index in [1.807, 2.05) is 0 Å². The van der Waals surface area contributed by atoms with Crippen LogP contribution < -0.4 is 4.90 Å². The molecule has 1 aromatic heterocycles. The molecule has 1 aliphatic carbocycles. The van der Waals surface area contributed by atoms with Gasteiger partial charge in [-0.15, -0.1) is 0 Å². The molecule has 234 valence electrons. The molecule has 0 amide bonds. The van der Waals surface area contributed by atoms with Crippen LogP contribution in [0.25, 0.3) is 55.0 Å². The Bertz CT molecular complexity index is 2490. The molecule has 1 heterocycles. The predicted octanol–water partition coefficient (Wildman–Crippen LogP) is 12.5. The lowest BCUT2D eigenvalue weighted by atomic mass is 9.82. The van der Waals surface area contributed by atoms with Gasteiger partial charge >= 0.3 is 0 Å². The van der Waals surface area contributed by atoms with Crippen molar-refractivity contribution in [3.05, 3.63) is 175 Å². The molecule has 7 aromatic carbocycles. The maximum absolute atomic E-state index is 5.19. The lowest BCUT2D eigenvalue weighted by Gasteiger charge is -2.27. The van der Waals surface area contributed by atoms with Crippen molar-refractivity contribution in [1.29, 1.82) is 0 Å². The summed E-state index contributed by atoms with van der Waals surface area (Å²) in [5.74, 6) is 0.737. The smallest absolute Gasteiger partial charge is 0.173 e. The zero-order valence-electron chi connectivity index (χ0n) is 27.3. The lowest BCUT2D eigenvalue weighted by molar-refractivity contribution is 0.660. The molecule has 0 radical (unpaired) electrons. The Morgan fingerprint density at radius 3 is 2.00 bits per heavy atom. The summed E-state index contributed by atoms with van der Waals surface area (Å²) >= 11 is 1.47. The first-order chi connectivity index (χ1) is 24.1. The van der Waals surface area contributed by atoms with E-state index in [-0.39, 0.29) is 5.41 Å². The van der Waals surface area contributed by atoms with Gasteiger partial charge in [0.2, 0.25) is 0 Å². The summed E-state index contributed by atoms with van der Waals surface area (Å²) in [6, 6.07) is 58.5. The number of aromatic nitrogens is 2. The largest absolute Gasteiger partial charge is 0.310 e. The number of rotatable bonds is 6. The highest BCUT2D eigenvalue weighted by Gasteiger charge is 2.37. The van der Waals surface area contributed by atoms with E-state index in [0.29, 0.717) is 0 Å². The van der Waals surface area contributed by atoms with Crippen molar-refractivity contribution in [2.45, 2.75) is 19.3 Å². The summed E-state index contributed by atoms with van der Waals surface area (Å²) in [7, 11) is 0. The Kier molecular flexibility index (Phi) is 6.99. The van der Waals surface area contributed by atoms with E-state index in [1.54, 1.807) is 0 Å². The van der Waals surface area contributed by atoms with Crippen LogP contribution in [0.4, 0.5) is 17.1 Å². The Balaban J connectivity index is 1.16. The summed E-state index contributed by atoms with van der Waals surface area (Å²) in [6.45, 7) is 4.63. The van der Waals surface area contributed by atoms with Crippen molar-refractivity contribution < 1.29 is 0 Å². The van der Waals surface area contributed by atoms with Crippen molar-refractivity contribution in [3.63, 3.8) is 0 Å². The van der Waals surface area contributed by atoms with E-state index in [9.17, 15) is 0 Å². The van der Waals surface area contributed by atoms with Crippen LogP contribution in [-0.4, -0.2) is 9.36 Å². The van der Waals surface area contributed by atoms with Gasteiger partial charge in [0, 0.05) is 33.3 Å². The summed E-state index contributed by atoms with van der Waals surface area (Å²) in [5.41, 5.74) is 13.0. The zero-order chi connectivity index (χ0) is 33.0. The second kappa shape index (κ2) is 11.7. The molecule has 8 aromatic rings. The maximum atomic E-state index is 5.19. The summed E-state index contributed by atoms with van der Waals surface area (Å²) in [4.78, 5) is 7.54. The predicted molar refractivity (Wildman–Crippen MR) is 206 cm³/mol. The zero-order valence-corrected chi connectivity index (χ0v) is 28.2. The van der Waals surface area contributed by atoms with Crippen LogP contribution in [0.15, 0.2) is 164 Å². The maximum Gasteiger partial charge on any atom is 0.173 e. The Morgan fingerprint density at radius 1 is 0.531 bits per heavy atom. The van der Waals surface area contributed by atoms with Crippen molar-refractivity contribution in [1.82, 2.24) is 9.36 Å². The van der Waals surface area contributed by atoms with E-state index in [4.69, 9.17) is 9.36 Å². The molecule has 0 atom stereocenters. The van der Waals surface area contributed by atoms with Gasteiger partial charge in [0.25, 0.3) is 0 Å². The van der Waals surface area contributed by atoms with Crippen LogP contribution in [0.2, 0.25) is 0 Å². The molecule has 0 aliphatic heterocycles. The van der Waals surface area contributed by atoms with Crippen molar-refractivity contribution in [3.8, 4) is 44.2 Å². The fourth-order valence-corrected chi connectivity index (χ4v) is 8.17. The fraction of sp³-hybridized carbons (Fsp3) is 0.0667. The molecule has 0 fully saturated rings. The summed E-state index contributed by atoms with van der Waals surface area (Å²) < 4.78 is 4.94. The van der Waals surface area contributed by atoms with Gasteiger partial charge in [-0.25, -0.2) is 4.98 Å². The van der Waals surface area contributed by atoms with E-state index in [2.05, 4.69) is 183 Å². The van der Waals surface area contributed by atoms with Gasteiger partial charge < -0.3 is 4.90 Å². The number of fused-ring (bicyclic) bond motifs is 4. The van der Waals surface area contributed by atoms with Crippen LogP contribution in [0.3, 0.4) is 0 Å². The number of benzene rings is 7. The highest BCUT2D eigenvalue weighted by Crippen LogP contribution is 2.52. The van der Waals surface area contributed by atoms with Gasteiger partial charge in [-0.3, -0.25) is 0 Å². The third kappa shape index (κ3) is 4.95. The molecular formula is C45H33N3S. The Hall–Kier alpha value is -5.84. The summed E-state index contributed by atoms with van der Waals surface area (Å²) in [5, 5.41) is 3.33. The minimum absolute atomic E-state index is 0.0628. The minimum Gasteiger partial charge on any atom is -0.310 e. The standard InChI is InChI=1S/C45H33N3S/c1-45(2)39-25-9-8-23-37(39)42-38(24-13-26-40(42)45)44-46-43(47-49-44)33-19-11-21-35(29-33)48(41-27-12-17-31-16-6-7-22-36(31)41)34-20-10-18-32(28-34)30-14-4-3-5-15-30/h3-29H,1-2H3. The highest BCUT2D eigenvalue weighted by molar-refractivity contribution is 7.09. The lowest BCUT2D eigenvalue weighted by Crippen LogP contribution is -2.14. The van der Waals surface area contributed by atoms with E-state index in [1.165, 1.54) is 55.7 Å². The molecule has 9 rings (SSSR count). The second-order valence-electron chi connectivity index (χ2n) is 13.1. The van der Waals surface area contributed by atoms with Gasteiger partial charge in [0.1, 0.15) is 5.01 Å². The van der Waals surface area contributed by atoms with Crippen molar-refractivity contribution in [2.24, 2.45) is 0 Å². The molecule has 0 unspecified atom stereocenters. The normalized spacial score (nSPS) is 12.9.